The molecule has 5 heterocycles. The van der Waals surface area contributed by atoms with E-state index in [1.807, 2.05) is 34.1 Å². The fourth-order valence-electron chi connectivity index (χ4n) is 8.02. The van der Waals surface area contributed by atoms with Crippen LogP contribution in [0.3, 0.4) is 0 Å². The number of benzene rings is 2. The molecule has 4 N–H and O–H groups in total. The number of aromatic amines is 1. The summed E-state index contributed by atoms with van der Waals surface area (Å²) in [5.41, 5.74) is 5.11. The molecule has 0 spiro atoms. The van der Waals surface area contributed by atoms with Crippen LogP contribution in [0.5, 0.6) is 0 Å². The zero-order valence-corrected chi connectivity index (χ0v) is 28.5. The van der Waals surface area contributed by atoms with Gasteiger partial charge < -0.3 is 30.6 Å². The Hall–Kier alpha value is -4.20. The van der Waals surface area contributed by atoms with E-state index in [4.69, 9.17) is 4.84 Å². The average Bonchev–Trinajstić information content (AvgIpc) is 3.54. The van der Waals surface area contributed by atoms with E-state index in [0.29, 0.717) is 58.0 Å². The molecule has 4 aliphatic heterocycles. The molecule has 1 unspecified atom stereocenters. The number of aryl methyl sites for hydroxylation is 1. The number of fused-ring (bicyclic) bond motifs is 2. The number of likely N-dealkylation sites (tertiary alicyclic amines) is 1. The number of H-pyrrole nitrogens is 1. The highest BCUT2D eigenvalue weighted by molar-refractivity contribution is 5.91. The second kappa shape index (κ2) is 15.1. The number of urea groups is 1. The lowest BCUT2D eigenvalue weighted by molar-refractivity contribution is -0.137. The molecule has 262 valence electrons. The Kier molecular flexibility index (Phi) is 10.3. The first-order valence-electron chi connectivity index (χ1n) is 18.0. The molecule has 0 aliphatic carbocycles. The van der Waals surface area contributed by atoms with E-state index < -0.39 is 12.1 Å². The van der Waals surface area contributed by atoms with Gasteiger partial charge in [0.1, 0.15) is 6.04 Å². The van der Waals surface area contributed by atoms with Crippen LogP contribution in [0.2, 0.25) is 0 Å². The quantitative estimate of drug-likeness (QED) is 0.287. The van der Waals surface area contributed by atoms with Gasteiger partial charge in [-0.1, -0.05) is 31.2 Å². The van der Waals surface area contributed by atoms with Gasteiger partial charge in [0.2, 0.25) is 5.91 Å². The predicted molar refractivity (Wildman–Crippen MR) is 187 cm³/mol. The molecule has 0 saturated carbocycles. The van der Waals surface area contributed by atoms with Crippen molar-refractivity contribution in [3.8, 4) is 0 Å². The lowest BCUT2D eigenvalue weighted by Gasteiger charge is -2.41. The largest absolute Gasteiger partial charge is 0.426 e. The van der Waals surface area contributed by atoms with Crippen molar-refractivity contribution < 1.29 is 19.2 Å². The topological polar surface area (TPSA) is 138 Å². The number of nitrogens with zero attached hydrogens (tertiary/aromatic N) is 5. The van der Waals surface area contributed by atoms with E-state index in [1.165, 1.54) is 0 Å². The lowest BCUT2D eigenvalue weighted by atomic mass is 9.97. The molecule has 0 bridgehead atoms. The number of nitrogens with one attached hydrogen (secondary N) is 4. The van der Waals surface area contributed by atoms with Crippen LogP contribution in [0, 0.1) is 0 Å². The molecule has 4 aliphatic rings. The first kappa shape index (κ1) is 33.3. The molecule has 0 radical (unpaired) electrons. The highest BCUT2D eigenvalue weighted by Gasteiger charge is 2.34. The van der Waals surface area contributed by atoms with Gasteiger partial charge >= 0.3 is 12.1 Å². The summed E-state index contributed by atoms with van der Waals surface area (Å²) in [5, 5.41) is 19.4. The summed E-state index contributed by atoms with van der Waals surface area (Å²) in [6.45, 7) is 9.20. The number of hydrogen-bond donors (Lipinski definition) is 4. The Morgan fingerprint density at radius 2 is 1.73 bits per heavy atom. The number of amides is 4. The SMILES string of the molecule is CCc1cc(CC(NC(=O)ON2CCC(N3CCc4ccccc4NC3=O)CC2)C(=O)N2CCC(N3CCNCC3)CC2)cc2cn[nH]c12. The molecule has 7 rings (SSSR count). The van der Waals surface area contributed by atoms with E-state index in [-0.39, 0.29) is 18.0 Å². The Balaban J connectivity index is 0.978. The number of para-hydroxylation sites is 1. The molecule has 3 saturated heterocycles. The van der Waals surface area contributed by atoms with E-state index in [0.717, 1.165) is 85.1 Å². The van der Waals surface area contributed by atoms with Gasteiger partial charge in [-0.15, -0.1) is 5.06 Å². The maximum absolute atomic E-state index is 14.1. The van der Waals surface area contributed by atoms with Crippen molar-refractivity contribution in [2.24, 2.45) is 0 Å². The Morgan fingerprint density at radius 3 is 2.51 bits per heavy atom. The molecular formula is C36H49N9O4. The summed E-state index contributed by atoms with van der Waals surface area (Å²) in [5.74, 6) is -0.0760. The first-order valence-corrected chi connectivity index (χ1v) is 18.0. The summed E-state index contributed by atoms with van der Waals surface area (Å²) in [4.78, 5) is 52.7. The number of anilines is 1. The maximum Gasteiger partial charge on any atom is 0.426 e. The first-order chi connectivity index (χ1) is 23.9. The molecule has 3 fully saturated rings. The molecule has 2 aromatic carbocycles. The smallest absolute Gasteiger partial charge is 0.351 e. The van der Waals surface area contributed by atoms with Crippen LogP contribution in [0.15, 0.2) is 42.6 Å². The van der Waals surface area contributed by atoms with Crippen LogP contribution in [0.4, 0.5) is 15.3 Å². The van der Waals surface area contributed by atoms with Gasteiger partial charge in [-0.3, -0.25) is 14.8 Å². The van der Waals surface area contributed by atoms with Crippen molar-refractivity contribution in [1.82, 2.24) is 40.6 Å². The van der Waals surface area contributed by atoms with E-state index in [1.54, 1.807) is 11.3 Å². The lowest BCUT2D eigenvalue weighted by Crippen LogP contribution is -2.56. The fraction of sp³-hybridized carbons (Fsp3) is 0.556. The fourth-order valence-corrected chi connectivity index (χ4v) is 8.02. The number of rotatable bonds is 8. The van der Waals surface area contributed by atoms with Crippen molar-refractivity contribution in [3.63, 3.8) is 0 Å². The van der Waals surface area contributed by atoms with Crippen LogP contribution in [-0.4, -0.2) is 125 Å². The molecule has 13 heteroatoms. The summed E-state index contributed by atoms with van der Waals surface area (Å²) in [6.07, 6.45) is 6.38. The van der Waals surface area contributed by atoms with Gasteiger partial charge in [0.25, 0.3) is 0 Å². The average molecular weight is 672 g/mol. The van der Waals surface area contributed by atoms with Crippen molar-refractivity contribution in [3.05, 3.63) is 59.3 Å². The van der Waals surface area contributed by atoms with Crippen LogP contribution in [0.1, 0.15) is 49.3 Å². The number of hydrogen-bond acceptors (Lipinski definition) is 8. The van der Waals surface area contributed by atoms with E-state index in [2.05, 4.69) is 50.1 Å². The van der Waals surface area contributed by atoms with Gasteiger partial charge in [0.15, 0.2) is 0 Å². The van der Waals surface area contributed by atoms with E-state index >= 15 is 0 Å². The number of hydroxylamine groups is 2. The highest BCUT2D eigenvalue weighted by atomic mass is 16.7. The number of piperidine rings is 2. The van der Waals surface area contributed by atoms with Crippen molar-refractivity contribution in [1.29, 1.82) is 0 Å². The third-order valence-corrected chi connectivity index (χ3v) is 10.8. The van der Waals surface area contributed by atoms with Crippen molar-refractivity contribution >= 4 is 34.6 Å². The van der Waals surface area contributed by atoms with Crippen LogP contribution >= 0.6 is 0 Å². The summed E-state index contributed by atoms with van der Waals surface area (Å²) in [6, 6.07) is 11.8. The Labute approximate surface area is 287 Å². The third-order valence-electron chi connectivity index (χ3n) is 10.8. The van der Waals surface area contributed by atoms with Gasteiger partial charge in [-0.2, -0.15) is 5.10 Å². The summed E-state index contributed by atoms with van der Waals surface area (Å²) in [7, 11) is 0. The van der Waals surface area contributed by atoms with Crippen LogP contribution in [0.25, 0.3) is 10.9 Å². The molecule has 1 atom stereocenters. The summed E-state index contributed by atoms with van der Waals surface area (Å²) >= 11 is 0. The molecule has 13 nitrogen and oxygen atoms in total. The van der Waals surface area contributed by atoms with E-state index in [9.17, 15) is 14.4 Å². The minimum atomic E-state index is -0.766. The Bertz CT molecular complexity index is 1620. The zero-order valence-electron chi connectivity index (χ0n) is 28.5. The highest BCUT2D eigenvalue weighted by Crippen LogP contribution is 2.26. The standard InChI is InChI=1S/C36H49N9O4/c1-2-26-21-25(22-28-24-38-41-33(26)28)23-32(34(46)43-14-8-29(9-15-43)42-19-12-37-13-20-42)40-36(48)49-44-16-10-30(11-17-44)45-18-7-27-5-3-4-6-31(27)39-35(45)47/h3-6,21-22,24,29-30,32,37H,2,7-20,23H2,1H3,(H,38,41)(H,39,47)(H,40,48). The van der Waals surface area contributed by atoms with Crippen LogP contribution < -0.4 is 16.0 Å². The normalized spacial score (nSPS) is 20.8. The zero-order chi connectivity index (χ0) is 33.7. The number of aromatic nitrogens is 2. The second-order valence-electron chi connectivity index (χ2n) is 13.8. The molecule has 49 heavy (non-hydrogen) atoms. The van der Waals surface area contributed by atoms with Gasteiger partial charge in [0, 0.05) is 88.5 Å². The van der Waals surface area contributed by atoms with Crippen LogP contribution in [-0.2, 0) is 28.9 Å². The molecular weight excluding hydrogens is 622 g/mol. The molecule has 3 aromatic rings. The minimum Gasteiger partial charge on any atom is -0.351 e. The van der Waals surface area contributed by atoms with Gasteiger partial charge in [0.05, 0.1) is 11.7 Å². The number of carbonyl (C=O) groups is 3. The summed E-state index contributed by atoms with van der Waals surface area (Å²) < 4.78 is 0. The monoisotopic (exact) mass is 671 g/mol. The maximum atomic E-state index is 14.1. The third kappa shape index (κ3) is 7.68. The van der Waals surface area contributed by atoms with Gasteiger partial charge in [-0.05, 0) is 67.3 Å². The predicted octanol–water partition coefficient (Wildman–Crippen LogP) is 3.13. The molecule has 4 amide bonds. The van der Waals surface area contributed by atoms with Crippen molar-refractivity contribution in [2.45, 2.75) is 70.0 Å². The van der Waals surface area contributed by atoms with Crippen molar-refractivity contribution in [2.75, 3.05) is 64.2 Å². The van der Waals surface area contributed by atoms with Gasteiger partial charge in [-0.25, -0.2) is 9.59 Å². The second-order valence-corrected chi connectivity index (χ2v) is 13.8. The number of piperazine rings is 1. The Morgan fingerprint density at radius 1 is 0.980 bits per heavy atom. The minimum absolute atomic E-state index is 0.0567. The number of carbonyl (C=O) groups excluding carboxylic acids is 3. The molecule has 1 aromatic heterocycles.